The van der Waals surface area contributed by atoms with Crippen LogP contribution in [0.25, 0.3) is 0 Å². The van der Waals surface area contributed by atoms with Gasteiger partial charge in [-0.3, -0.25) is 14.9 Å². The van der Waals surface area contributed by atoms with E-state index >= 15 is 0 Å². The molecule has 25 heavy (non-hydrogen) atoms. The van der Waals surface area contributed by atoms with Crippen LogP contribution in [-0.2, 0) is 4.74 Å². The average molecular weight is 342 g/mol. The van der Waals surface area contributed by atoms with Crippen molar-refractivity contribution < 1.29 is 19.2 Å². The number of benzene rings is 2. The third-order valence-electron chi connectivity index (χ3n) is 3.61. The second-order valence-electron chi connectivity index (χ2n) is 5.39. The second-order valence-corrected chi connectivity index (χ2v) is 5.39. The average Bonchev–Trinajstić information content (AvgIpc) is 2.61. The number of hydrogen-bond acceptors (Lipinski definition) is 6. The summed E-state index contributed by atoms with van der Waals surface area (Å²) in [6.07, 6.45) is 1.61. The number of rotatable bonds is 7. The van der Waals surface area contributed by atoms with Gasteiger partial charge in [-0.05, 0) is 24.6 Å². The maximum atomic E-state index is 12.7. The lowest BCUT2D eigenvalue weighted by Gasteiger charge is -2.09. The second kappa shape index (κ2) is 8.05. The number of carbonyl (C=O) groups excluding carboxylic acids is 2. The number of carbonyl (C=O) groups is 2. The van der Waals surface area contributed by atoms with E-state index < -0.39 is 16.7 Å². The Morgan fingerprint density at radius 3 is 2.48 bits per heavy atom. The topological polar surface area (TPSA) is 113 Å². The number of anilines is 1. The van der Waals surface area contributed by atoms with Crippen molar-refractivity contribution in [1.29, 1.82) is 0 Å². The molecule has 0 spiro atoms. The normalized spacial score (nSPS) is 10.3. The number of ether oxygens (including phenoxy) is 1. The number of esters is 1. The Morgan fingerprint density at radius 2 is 1.84 bits per heavy atom. The van der Waals surface area contributed by atoms with E-state index in [1.54, 1.807) is 12.1 Å². The number of nitrogens with two attached hydrogens (primary N) is 1. The SMILES string of the molecule is CCCCOC(=O)c1ccccc1C(=O)c1ccc(N)c([N+](=O)[O-])c1. The number of nitro groups is 1. The zero-order valence-corrected chi connectivity index (χ0v) is 13.7. The minimum atomic E-state index is -0.656. The van der Waals surface area contributed by atoms with Gasteiger partial charge in [-0.2, -0.15) is 0 Å². The molecule has 0 aliphatic heterocycles. The number of nitro benzene ring substituents is 1. The summed E-state index contributed by atoms with van der Waals surface area (Å²) in [5, 5.41) is 11.0. The van der Waals surface area contributed by atoms with E-state index in [0.29, 0.717) is 0 Å². The highest BCUT2D eigenvalue weighted by atomic mass is 16.6. The van der Waals surface area contributed by atoms with E-state index in [0.717, 1.165) is 18.9 Å². The molecule has 7 nitrogen and oxygen atoms in total. The largest absolute Gasteiger partial charge is 0.462 e. The number of hydrogen-bond donors (Lipinski definition) is 1. The van der Waals surface area contributed by atoms with Crippen LogP contribution in [0.3, 0.4) is 0 Å². The molecule has 0 aliphatic rings. The molecule has 0 bridgehead atoms. The maximum Gasteiger partial charge on any atom is 0.338 e. The van der Waals surface area contributed by atoms with Crippen LogP contribution >= 0.6 is 0 Å². The minimum Gasteiger partial charge on any atom is -0.462 e. The van der Waals surface area contributed by atoms with Crippen LogP contribution in [0.2, 0.25) is 0 Å². The van der Waals surface area contributed by atoms with Gasteiger partial charge in [0, 0.05) is 17.2 Å². The van der Waals surface area contributed by atoms with Crippen molar-refractivity contribution in [3.8, 4) is 0 Å². The molecule has 0 aromatic heterocycles. The molecule has 7 heteroatoms. The molecular weight excluding hydrogens is 324 g/mol. The molecule has 0 heterocycles. The first kappa shape index (κ1) is 18.1. The monoisotopic (exact) mass is 342 g/mol. The maximum absolute atomic E-state index is 12.7. The molecule has 2 aromatic rings. The Labute approximate surface area is 144 Å². The lowest BCUT2D eigenvalue weighted by Crippen LogP contribution is -2.13. The van der Waals surface area contributed by atoms with Crippen molar-refractivity contribution >= 4 is 23.1 Å². The summed E-state index contributed by atoms with van der Waals surface area (Å²) in [5.41, 5.74) is 5.50. The van der Waals surface area contributed by atoms with Gasteiger partial charge >= 0.3 is 5.97 Å². The first-order chi connectivity index (χ1) is 12.0. The predicted octanol–water partition coefficient (Wildman–Crippen LogP) is 3.36. The number of unbranched alkanes of at least 4 members (excludes halogenated alkanes) is 1. The van der Waals surface area contributed by atoms with Gasteiger partial charge in [0.15, 0.2) is 5.78 Å². The van der Waals surface area contributed by atoms with Gasteiger partial charge in [-0.25, -0.2) is 4.79 Å². The van der Waals surface area contributed by atoms with Crippen LogP contribution in [0.15, 0.2) is 42.5 Å². The van der Waals surface area contributed by atoms with E-state index in [-0.39, 0.29) is 34.7 Å². The molecule has 0 saturated heterocycles. The summed E-state index contributed by atoms with van der Waals surface area (Å²) in [6.45, 7) is 2.24. The fourth-order valence-electron chi connectivity index (χ4n) is 2.24. The summed E-state index contributed by atoms with van der Waals surface area (Å²) in [5.74, 6) is -1.10. The lowest BCUT2D eigenvalue weighted by molar-refractivity contribution is -0.383. The minimum absolute atomic E-state index is 0.0335. The summed E-state index contributed by atoms with van der Waals surface area (Å²) in [7, 11) is 0. The molecule has 0 amide bonds. The molecule has 0 saturated carbocycles. The Kier molecular flexibility index (Phi) is 5.84. The van der Waals surface area contributed by atoms with E-state index in [1.165, 1.54) is 24.3 Å². The molecule has 130 valence electrons. The summed E-state index contributed by atoms with van der Waals surface area (Å²) < 4.78 is 5.16. The van der Waals surface area contributed by atoms with Crippen molar-refractivity contribution in [2.75, 3.05) is 12.3 Å². The van der Waals surface area contributed by atoms with E-state index in [1.807, 2.05) is 6.92 Å². The van der Waals surface area contributed by atoms with Crippen LogP contribution in [0.5, 0.6) is 0 Å². The fourth-order valence-corrected chi connectivity index (χ4v) is 2.24. The van der Waals surface area contributed by atoms with Crippen LogP contribution in [0, 0.1) is 10.1 Å². The van der Waals surface area contributed by atoms with Gasteiger partial charge < -0.3 is 10.5 Å². The smallest absolute Gasteiger partial charge is 0.338 e. The molecule has 0 radical (unpaired) electrons. The third-order valence-corrected chi connectivity index (χ3v) is 3.61. The van der Waals surface area contributed by atoms with Crippen molar-refractivity contribution in [1.82, 2.24) is 0 Å². The standard InChI is InChI=1S/C18H18N2O5/c1-2-3-10-25-18(22)14-7-5-4-6-13(14)17(21)12-8-9-15(19)16(11-12)20(23)24/h4-9,11H,2-3,10,19H2,1H3. The number of nitrogen functional groups attached to an aromatic ring is 1. The van der Waals surface area contributed by atoms with Gasteiger partial charge in [-0.1, -0.05) is 31.5 Å². The Balaban J connectivity index is 2.36. The molecule has 0 aliphatic carbocycles. The van der Waals surface area contributed by atoms with Crippen LogP contribution in [0.1, 0.15) is 46.0 Å². The van der Waals surface area contributed by atoms with Crippen LogP contribution in [0.4, 0.5) is 11.4 Å². The molecule has 0 atom stereocenters. The van der Waals surface area contributed by atoms with Crippen molar-refractivity contribution in [3.63, 3.8) is 0 Å². The Bertz CT molecular complexity index is 817. The van der Waals surface area contributed by atoms with E-state index in [4.69, 9.17) is 10.5 Å². The molecular formula is C18H18N2O5. The van der Waals surface area contributed by atoms with Crippen LogP contribution in [-0.4, -0.2) is 23.3 Å². The molecule has 2 N–H and O–H groups in total. The fraction of sp³-hybridized carbons (Fsp3) is 0.222. The lowest BCUT2D eigenvalue weighted by atomic mass is 9.98. The highest BCUT2D eigenvalue weighted by Crippen LogP contribution is 2.25. The molecule has 0 fully saturated rings. The summed E-state index contributed by atoms with van der Waals surface area (Å²) in [6, 6.07) is 10.0. The summed E-state index contributed by atoms with van der Waals surface area (Å²) >= 11 is 0. The number of ketones is 1. The highest BCUT2D eigenvalue weighted by molar-refractivity contribution is 6.14. The first-order valence-corrected chi connectivity index (χ1v) is 7.80. The van der Waals surface area contributed by atoms with E-state index in [9.17, 15) is 19.7 Å². The quantitative estimate of drug-likeness (QED) is 0.206. The van der Waals surface area contributed by atoms with Crippen LogP contribution < -0.4 is 5.73 Å². The van der Waals surface area contributed by atoms with Crippen molar-refractivity contribution in [3.05, 3.63) is 69.3 Å². The van der Waals surface area contributed by atoms with Crippen molar-refractivity contribution in [2.45, 2.75) is 19.8 Å². The first-order valence-electron chi connectivity index (χ1n) is 7.80. The van der Waals surface area contributed by atoms with Gasteiger partial charge in [0.05, 0.1) is 17.1 Å². The molecule has 2 rings (SSSR count). The molecule has 0 unspecified atom stereocenters. The van der Waals surface area contributed by atoms with Gasteiger partial charge in [0.2, 0.25) is 0 Å². The zero-order valence-electron chi connectivity index (χ0n) is 13.7. The highest BCUT2D eigenvalue weighted by Gasteiger charge is 2.21. The zero-order chi connectivity index (χ0) is 18.4. The predicted molar refractivity (Wildman–Crippen MR) is 92.6 cm³/mol. The van der Waals surface area contributed by atoms with Gasteiger partial charge in [-0.15, -0.1) is 0 Å². The number of nitrogens with zero attached hydrogens (tertiary/aromatic N) is 1. The third kappa shape index (κ3) is 4.20. The van der Waals surface area contributed by atoms with E-state index in [2.05, 4.69) is 0 Å². The van der Waals surface area contributed by atoms with Gasteiger partial charge in [0.1, 0.15) is 5.69 Å². The van der Waals surface area contributed by atoms with Crippen molar-refractivity contribution in [2.24, 2.45) is 0 Å². The summed E-state index contributed by atoms with van der Waals surface area (Å²) in [4.78, 5) is 35.3. The van der Waals surface area contributed by atoms with Gasteiger partial charge in [0.25, 0.3) is 5.69 Å². The Hall–Kier alpha value is -3.22. The Morgan fingerprint density at radius 1 is 1.16 bits per heavy atom. The molecule has 2 aromatic carbocycles.